The zero-order chi connectivity index (χ0) is 14.8. The second-order valence-corrected chi connectivity index (χ2v) is 4.57. The summed E-state index contributed by atoms with van der Waals surface area (Å²) in [6.07, 6.45) is 0. The van der Waals surface area contributed by atoms with Crippen LogP contribution in [0.15, 0.2) is 48.5 Å². The maximum Gasteiger partial charge on any atom is 0.335 e. The van der Waals surface area contributed by atoms with Crippen LogP contribution in [0.5, 0.6) is 0 Å². The van der Waals surface area contributed by atoms with Crippen LogP contribution in [-0.4, -0.2) is 31.3 Å². The molecule has 0 unspecified atom stereocenters. The van der Waals surface area contributed by atoms with Crippen LogP contribution in [0, 0.1) is 6.92 Å². The normalized spacial score (nSPS) is 10.5. The van der Waals surface area contributed by atoms with Crippen molar-refractivity contribution in [1.29, 1.82) is 0 Å². The van der Waals surface area contributed by atoms with Crippen molar-refractivity contribution >= 4 is 5.97 Å². The zero-order valence-corrected chi connectivity index (χ0v) is 11.3. The number of hydrogen-bond donors (Lipinski definition) is 1. The second kappa shape index (κ2) is 5.16. The van der Waals surface area contributed by atoms with Crippen molar-refractivity contribution in [1.82, 2.24) is 20.2 Å². The maximum atomic E-state index is 10.9. The lowest BCUT2D eigenvalue weighted by molar-refractivity contribution is 0.0697. The van der Waals surface area contributed by atoms with Gasteiger partial charge in [-0.15, -0.1) is 15.0 Å². The average Bonchev–Trinajstić information content (AvgIpc) is 2.97. The Morgan fingerprint density at radius 2 is 1.90 bits per heavy atom. The Balaban J connectivity index is 1.99. The molecule has 104 valence electrons. The first-order chi connectivity index (χ1) is 10.1. The molecule has 1 N–H and O–H groups in total. The molecular formula is C15H12N4O2. The van der Waals surface area contributed by atoms with Crippen LogP contribution in [0.25, 0.3) is 17.1 Å². The Morgan fingerprint density at radius 3 is 2.57 bits per heavy atom. The van der Waals surface area contributed by atoms with E-state index in [0.29, 0.717) is 11.5 Å². The molecule has 2 aromatic carbocycles. The molecule has 0 radical (unpaired) electrons. The number of aromatic carboxylic acids is 1. The molecule has 0 saturated heterocycles. The molecule has 3 rings (SSSR count). The first-order valence-electron chi connectivity index (χ1n) is 6.35. The van der Waals surface area contributed by atoms with E-state index in [1.807, 2.05) is 37.3 Å². The van der Waals surface area contributed by atoms with Crippen LogP contribution in [0.2, 0.25) is 0 Å². The molecule has 3 aromatic rings. The number of nitrogens with zero attached hydrogens (tertiary/aromatic N) is 4. The Hall–Kier alpha value is -3.02. The number of carboxylic acids is 1. The smallest absolute Gasteiger partial charge is 0.335 e. The highest BCUT2D eigenvalue weighted by Crippen LogP contribution is 2.17. The SMILES string of the molecule is Cc1cc(C(=O)O)ccc1-n1nnc(-c2ccccc2)n1. The summed E-state index contributed by atoms with van der Waals surface area (Å²) in [5, 5.41) is 21.4. The van der Waals surface area contributed by atoms with Gasteiger partial charge in [-0.25, -0.2) is 4.79 Å². The molecule has 1 aromatic heterocycles. The summed E-state index contributed by atoms with van der Waals surface area (Å²) in [6, 6.07) is 14.3. The average molecular weight is 280 g/mol. The molecule has 0 fully saturated rings. The van der Waals surface area contributed by atoms with Crippen molar-refractivity contribution in [3.63, 3.8) is 0 Å². The van der Waals surface area contributed by atoms with E-state index in [2.05, 4.69) is 15.4 Å². The fraction of sp³-hybridized carbons (Fsp3) is 0.0667. The van der Waals surface area contributed by atoms with Crippen molar-refractivity contribution in [2.75, 3.05) is 0 Å². The third-order valence-electron chi connectivity index (χ3n) is 3.10. The summed E-state index contributed by atoms with van der Waals surface area (Å²) >= 11 is 0. The fourth-order valence-corrected chi connectivity index (χ4v) is 2.03. The Bertz CT molecular complexity index is 796. The van der Waals surface area contributed by atoms with E-state index >= 15 is 0 Å². The molecule has 21 heavy (non-hydrogen) atoms. The summed E-state index contributed by atoms with van der Waals surface area (Å²) in [5.74, 6) is -0.432. The molecule has 1 heterocycles. The monoisotopic (exact) mass is 280 g/mol. The molecule has 0 atom stereocenters. The lowest BCUT2D eigenvalue weighted by Crippen LogP contribution is -2.04. The van der Waals surface area contributed by atoms with E-state index in [9.17, 15) is 4.79 Å². The number of hydrogen-bond acceptors (Lipinski definition) is 4. The van der Waals surface area contributed by atoms with Gasteiger partial charge in [0.1, 0.15) is 0 Å². The minimum atomic E-state index is -0.957. The first kappa shape index (κ1) is 13.0. The molecule has 0 saturated carbocycles. The van der Waals surface area contributed by atoms with Crippen LogP contribution in [0.3, 0.4) is 0 Å². The van der Waals surface area contributed by atoms with Crippen LogP contribution < -0.4 is 0 Å². The summed E-state index contributed by atoms with van der Waals surface area (Å²) < 4.78 is 0. The van der Waals surface area contributed by atoms with E-state index in [0.717, 1.165) is 11.1 Å². The van der Waals surface area contributed by atoms with Crippen molar-refractivity contribution in [3.05, 3.63) is 59.7 Å². The third kappa shape index (κ3) is 2.51. The van der Waals surface area contributed by atoms with Crippen LogP contribution in [0.1, 0.15) is 15.9 Å². The molecule has 0 bridgehead atoms. The maximum absolute atomic E-state index is 10.9. The molecule has 0 aliphatic rings. The lowest BCUT2D eigenvalue weighted by atomic mass is 10.1. The van der Waals surface area contributed by atoms with Gasteiger partial charge in [-0.3, -0.25) is 0 Å². The molecule has 0 amide bonds. The molecular weight excluding hydrogens is 268 g/mol. The van der Waals surface area contributed by atoms with Crippen LogP contribution >= 0.6 is 0 Å². The minimum Gasteiger partial charge on any atom is -0.478 e. The van der Waals surface area contributed by atoms with Crippen molar-refractivity contribution < 1.29 is 9.90 Å². The predicted octanol–water partition coefficient (Wildman–Crippen LogP) is 2.34. The van der Waals surface area contributed by atoms with Gasteiger partial charge in [-0.05, 0) is 35.9 Å². The van der Waals surface area contributed by atoms with Gasteiger partial charge in [0, 0.05) is 5.56 Å². The van der Waals surface area contributed by atoms with Crippen molar-refractivity contribution in [3.8, 4) is 17.1 Å². The molecule has 6 heteroatoms. The van der Waals surface area contributed by atoms with Gasteiger partial charge in [0.15, 0.2) is 0 Å². The Kier molecular flexibility index (Phi) is 3.19. The first-order valence-corrected chi connectivity index (χ1v) is 6.35. The van der Waals surface area contributed by atoms with Crippen LogP contribution in [0.4, 0.5) is 0 Å². The Labute approximate surface area is 120 Å². The standard InChI is InChI=1S/C15H12N4O2/c1-10-9-12(15(20)21)7-8-13(10)19-17-14(16-18-19)11-5-3-2-4-6-11/h2-9H,1H3,(H,20,21). The number of rotatable bonds is 3. The van der Waals surface area contributed by atoms with E-state index < -0.39 is 5.97 Å². The molecule has 0 aliphatic heterocycles. The van der Waals surface area contributed by atoms with Gasteiger partial charge in [0.05, 0.1) is 11.3 Å². The highest BCUT2D eigenvalue weighted by molar-refractivity contribution is 5.88. The fourth-order valence-electron chi connectivity index (χ4n) is 2.03. The number of benzene rings is 2. The highest BCUT2D eigenvalue weighted by atomic mass is 16.4. The molecule has 6 nitrogen and oxygen atoms in total. The highest BCUT2D eigenvalue weighted by Gasteiger charge is 2.11. The summed E-state index contributed by atoms with van der Waals surface area (Å²) in [4.78, 5) is 12.3. The summed E-state index contributed by atoms with van der Waals surface area (Å²) in [5.41, 5.74) is 2.59. The van der Waals surface area contributed by atoms with Crippen LogP contribution in [-0.2, 0) is 0 Å². The largest absolute Gasteiger partial charge is 0.478 e. The minimum absolute atomic E-state index is 0.236. The molecule has 0 aliphatic carbocycles. The number of carboxylic acid groups (broad SMARTS) is 1. The Morgan fingerprint density at radius 1 is 1.14 bits per heavy atom. The zero-order valence-electron chi connectivity index (χ0n) is 11.3. The van der Waals surface area contributed by atoms with Gasteiger partial charge in [0.25, 0.3) is 0 Å². The van der Waals surface area contributed by atoms with Gasteiger partial charge in [-0.2, -0.15) is 0 Å². The topological polar surface area (TPSA) is 80.9 Å². The predicted molar refractivity (Wildman–Crippen MR) is 76.3 cm³/mol. The lowest BCUT2D eigenvalue weighted by Gasteiger charge is -2.04. The van der Waals surface area contributed by atoms with Gasteiger partial charge in [0.2, 0.25) is 5.82 Å². The van der Waals surface area contributed by atoms with E-state index in [4.69, 9.17) is 5.11 Å². The number of aromatic nitrogens is 4. The van der Waals surface area contributed by atoms with E-state index in [1.54, 1.807) is 12.1 Å². The number of tetrazole rings is 1. The summed E-state index contributed by atoms with van der Waals surface area (Å²) in [6.45, 7) is 1.81. The third-order valence-corrected chi connectivity index (χ3v) is 3.10. The van der Waals surface area contributed by atoms with E-state index in [1.165, 1.54) is 10.9 Å². The van der Waals surface area contributed by atoms with Crippen molar-refractivity contribution in [2.24, 2.45) is 0 Å². The quantitative estimate of drug-likeness (QED) is 0.796. The second-order valence-electron chi connectivity index (χ2n) is 4.57. The van der Waals surface area contributed by atoms with Crippen molar-refractivity contribution in [2.45, 2.75) is 6.92 Å². The van der Waals surface area contributed by atoms with E-state index in [-0.39, 0.29) is 5.56 Å². The van der Waals surface area contributed by atoms with Gasteiger partial charge < -0.3 is 5.11 Å². The van der Waals surface area contributed by atoms with Gasteiger partial charge in [-0.1, -0.05) is 30.3 Å². The molecule has 0 spiro atoms. The summed E-state index contributed by atoms with van der Waals surface area (Å²) in [7, 11) is 0. The van der Waals surface area contributed by atoms with Gasteiger partial charge >= 0.3 is 5.97 Å². The number of carbonyl (C=O) groups is 1. The number of aryl methyl sites for hydroxylation is 1.